The number of benzene rings is 4. The van der Waals surface area contributed by atoms with E-state index in [9.17, 15) is 25.3 Å². The Morgan fingerprint density at radius 2 is 0.982 bits per heavy atom. The predicted octanol–water partition coefficient (Wildman–Crippen LogP) is 7.86. The monoisotopic (exact) mass is 836 g/mol. The molecule has 14 heteroatoms. The lowest BCUT2D eigenvalue weighted by molar-refractivity contribution is 0.290. The SMILES string of the molecule is Cc1cc(C)c(S(=O)(=O)N[C@@H](C)CNc2ccc(C)c3ncccc23)c(C)c1.Cc1cc(C)c(S(=O)(=O)N[C@@H](C)COS(=O)(=O)c2c(C)cc(C)cc2C)c(C)c1. The summed E-state index contributed by atoms with van der Waals surface area (Å²) in [6.45, 7) is 22.0. The number of anilines is 1. The first-order valence-electron chi connectivity index (χ1n) is 18.7. The quantitative estimate of drug-likeness (QED) is 0.100. The first-order chi connectivity index (χ1) is 26.4. The van der Waals surface area contributed by atoms with Crippen molar-refractivity contribution in [2.45, 2.75) is 110 Å². The number of hydrogen-bond donors (Lipinski definition) is 3. The van der Waals surface area contributed by atoms with Gasteiger partial charge in [0.15, 0.2) is 0 Å². The molecule has 0 saturated carbocycles. The number of fused-ring (bicyclic) bond motifs is 1. The van der Waals surface area contributed by atoms with Crippen molar-refractivity contribution in [2.75, 3.05) is 18.5 Å². The normalized spacial score (nSPS) is 13.2. The fourth-order valence-corrected chi connectivity index (χ4v) is 12.2. The molecule has 308 valence electrons. The van der Waals surface area contributed by atoms with Crippen LogP contribution in [-0.2, 0) is 34.3 Å². The lowest BCUT2D eigenvalue weighted by Gasteiger charge is -2.19. The number of hydrogen-bond acceptors (Lipinski definition) is 9. The van der Waals surface area contributed by atoms with Gasteiger partial charge in [0, 0.05) is 35.9 Å². The number of sulfonamides is 2. The van der Waals surface area contributed by atoms with Crippen LogP contribution in [0, 0.1) is 69.2 Å². The molecule has 3 N–H and O–H groups in total. The minimum absolute atomic E-state index is 0.128. The van der Waals surface area contributed by atoms with Crippen molar-refractivity contribution in [1.29, 1.82) is 0 Å². The Kier molecular flexibility index (Phi) is 14.5. The predicted molar refractivity (Wildman–Crippen MR) is 230 cm³/mol. The van der Waals surface area contributed by atoms with E-state index in [0.717, 1.165) is 50.0 Å². The zero-order valence-corrected chi connectivity index (χ0v) is 37.4. The van der Waals surface area contributed by atoms with Crippen LogP contribution in [-0.4, -0.2) is 55.5 Å². The fourth-order valence-electron chi connectivity index (χ4n) is 7.45. The largest absolute Gasteiger partial charge is 0.383 e. The second kappa shape index (κ2) is 18.2. The molecule has 0 fully saturated rings. The van der Waals surface area contributed by atoms with Gasteiger partial charge in [-0.2, -0.15) is 8.42 Å². The van der Waals surface area contributed by atoms with E-state index in [1.54, 1.807) is 65.1 Å². The van der Waals surface area contributed by atoms with Crippen molar-refractivity contribution < 1.29 is 29.4 Å². The van der Waals surface area contributed by atoms with Crippen LogP contribution in [0.2, 0.25) is 0 Å². The van der Waals surface area contributed by atoms with E-state index in [1.807, 2.05) is 84.9 Å². The molecule has 1 aromatic heterocycles. The van der Waals surface area contributed by atoms with Gasteiger partial charge in [-0.15, -0.1) is 0 Å². The summed E-state index contributed by atoms with van der Waals surface area (Å²) in [4.78, 5) is 5.15. The minimum atomic E-state index is -4.01. The van der Waals surface area contributed by atoms with Crippen LogP contribution in [0.5, 0.6) is 0 Å². The summed E-state index contributed by atoms with van der Waals surface area (Å²) >= 11 is 0. The van der Waals surface area contributed by atoms with Crippen LogP contribution in [0.1, 0.15) is 69.5 Å². The zero-order valence-electron chi connectivity index (χ0n) is 34.9. The molecule has 2 atom stereocenters. The van der Waals surface area contributed by atoms with Crippen LogP contribution >= 0.6 is 0 Å². The molecule has 4 aromatic carbocycles. The highest BCUT2D eigenvalue weighted by Gasteiger charge is 2.26. The molecular formula is C43H56N4O7S3. The lowest BCUT2D eigenvalue weighted by Crippen LogP contribution is -2.38. The molecule has 0 radical (unpaired) electrons. The van der Waals surface area contributed by atoms with Crippen molar-refractivity contribution in [1.82, 2.24) is 14.4 Å². The van der Waals surface area contributed by atoms with E-state index >= 15 is 0 Å². The van der Waals surface area contributed by atoms with Crippen LogP contribution in [0.25, 0.3) is 10.9 Å². The zero-order chi connectivity index (χ0) is 42.6. The number of nitrogens with one attached hydrogen (secondary N) is 3. The van der Waals surface area contributed by atoms with Crippen molar-refractivity contribution in [3.05, 3.63) is 122 Å². The van der Waals surface area contributed by atoms with Crippen LogP contribution in [0.15, 0.2) is 81.5 Å². The van der Waals surface area contributed by atoms with Gasteiger partial charge < -0.3 is 5.32 Å². The van der Waals surface area contributed by atoms with E-state index in [4.69, 9.17) is 4.18 Å². The van der Waals surface area contributed by atoms with Crippen LogP contribution in [0.3, 0.4) is 0 Å². The molecule has 0 amide bonds. The molecule has 11 nitrogen and oxygen atoms in total. The first kappa shape index (κ1) is 45.5. The number of rotatable bonds is 13. The van der Waals surface area contributed by atoms with Crippen molar-refractivity contribution in [3.8, 4) is 0 Å². The molecule has 0 aliphatic carbocycles. The molecular weight excluding hydrogens is 781 g/mol. The molecule has 5 rings (SSSR count). The molecule has 0 spiro atoms. The highest BCUT2D eigenvalue weighted by atomic mass is 32.2. The smallest absolute Gasteiger partial charge is 0.297 e. The lowest BCUT2D eigenvalue weighted by atomic mass is 10.1. The average Bonchev–Trinajstić information content (AvgIpc) is 3.05. The fraction of sp³-hybridized carbons (Fsp3) is 0.372. The van der Waals surface area contributed by atoms with Crippen molar-refractivity contribution in [3.63, 3.8) is 0 Å². The first-order valence-corrected chi connectivity index (χ1v) is 23.1. The number of pyridine rings is 1. The maximum absolute atomic E-state index is 12.9. The maximum atomic E-state index is 12.9. The Hall–Kier alpha value is -4.18. The van der Waals surface area contributed by atoms with E-state index < -0.39 is 36.2 Å². The summed E-state index contributed by atoms with van der Waals surface area (Å²) in [6, 6.07) is 17.9. The van der Waals surface area contributed by atoms with Crippen molar-refractivity contribution >= 4 is 46.8 Å². The van der Waals surface area contributed by atoms with E-state index in [0.29, 0.717) is 33.7 Å². The van der Waals surface area contributed by atoms with E-state index in [1.165, 1.54) is 0 Å². The minimum Gasteiger partial charge on any atom is -0.383 e. The number of nitrogens with zero attached hydrogens (tertiary/aromatic N) is 1. The Labute approximate surface area is 339 Å². The molecule has 1 heterocycles. The van der Waals surface area contributed by atoms with Crippen LogP contribution < -0.4 is 14.8 Å². The van der Waals surface area contributed by atoms with Gasteiger partial charge in [-0.05, 0) is 140 Å². The second-order valence-corrected chi connectivity index (χ2v) is 20.0. The summed E-state index contributed by atoms with van der Waals surface area (Å²) < 4.78 is 87.3. The van der Waals surface area contributed by atoms with Crippen LogP contribution in [0.4, 0.5) is 5.69 Å². The summed E-state index contributed by atoms with van der Waals surface area (Å²) in [5.74, 6) is 0. The standard InChI is InChI=1S/C22H27N3O2S.C21H29NO5S2/c1-14-11-16(3)22(17(4)12-14)28(26,27)25-18(5)13-24-20-9-8-15(2)21-19(20)7-6-10-23-21;1-13-8-15(3)20(16(4)9-13)28(23,24)22-19(7)12-27-29(25,26)21-17(5)10-14(2)11-18(21)6/h6-12,18,24-25H,13H2,1-5H3;8-11,19,22H,12H2,1-7H3/t18-;19-/m00/s1. The van der Waals surface area contributed by atoms with Gasteiger partial charge in [0.1, 0.15) is 0 Å². The van der Waals surface area contributed by atoms with Gasteiger partial charge in [0.05, 0.1) is 26.8 Å². The van der Waals surface area contributed by atoms with Gasteiger partial charge in [0.2, 0.25) is 20.0 Å². The molecule has 57 heavy (non-hydrogen) atoms. The molecule has 0 unspecified atom stereocenters. The van der Waals surface area contributed by atoms with Gasteiger partial charge in [-0.3, -0.25) is 9.17 Å². The summed E-state index contributed by atoms with van der Waals surface area (Å²) in [5.41, 5.74) is 10.0. The Bertz CT molecular complexity index is 2560. The van der Waals surface area contributed by atoms with Gasteiger partial charge >= 0.3 is 0 Å². The van der Waals surface area contributed by atoms with Gasteiger partial charge in [-0.25, -0.2) is 26.3 Å². The highest BCUT2D eigenvalue weighted by molar-refractivity contribution is 7.90. The summed E-state index contributed by atoms with van der Waals surface area (Å²) in [7, 11) is -11.4. The molecule has 5 aromatic rings. The Morgan fingerprint density at radius 1 is 0.561 bits per heavy atom. The number of aromatic nitrogens is 1. The molecule has 0 aliphatic rings. The topological polar surface area (TPSA) is 161 Å². The Morgan fingerprint density at radius 3 is 1.44 bits per heavy atom. The molecule has 0 saturated heterocycles. The third-order valence-corrected chi connectivity index (χ3v) is 14.7. The average molecular weight is 837 g/mol. The second-order valence-electron chi connectivity index (χ2n) is 15.2. The van der Waals surface area contributed by atoms with E-state index in [-0.39, 0.29) is 22.4 Å². The number of aryl methyl sites for hydroxylation is 10. The molecule has 0 bridgehead atoms. The maximum Gasteiger partial charge on any atom is 0.297 e. The third-order valence-electron chi connectivity index (χ3n) is 9.36. The summed E-state index contributed by atoms with van der Waals surface area (Å²) in [6.07, 6.45) is 1.78. The summed E-state index contributed by atoms with van der Waals surface area (Å²) in [5, 5.41) is 4.39. The Balaban J connectivity index is 0.000000253. The molecule has 0 aliphatic heterocycles. The van der Waals surface area contributed by atoms with Crippen molar-refractivity contribution in [2.24, 2.45) is 0 Å². The van der Waals surface area contributed by atoms with Gasteiger partial charge in [-0.1, -0.05) is 59.2 Å². The highest BCUT2D eigenvalue weighted by Crippen LogP contribution is 2.27. The third kappa shape index (κ3) is 11.3. The van der Waals surface area contributed by atoms with Gasteiger partial charge in [0.25, 0.3) is 10.1 Å². The van der Waals surface area contributed by atoms with E-state index in [2.05, 4.69) is 19.7 Å².